The van der Waals surface area contributed by atoms with Crippen LogP contribution in [0.25, 0.3) is 10.8 Å². The van der Waals surface area contributed by atoms with Crippen LogP contribution < -0.4 is 14.9 Å². The Morgan fingerprint density at radius 1 is 1.10 bits per heavy atom. The maximum atomic E-state index is 12.1. The van der Waals surface area contributed by atoms with Crippen molar-refractivity contribution in [3.05, 3.63) is 70.2 Å². The fraction of sp³-hybridized carbons (Fsp3) is 0.250. The van der Waals surface area contributed by atoms with Gasteiger partial charge in [0.05, 0.1) is 23.9 Å². The SMILES string of the molecule is CCOc1ccc2ccccc2c1/C=N/NC(=O)CCCOc1ccc(C)cc1Br. The zero-order valence-electron chi connectivity index (χ0n) is 17.2. The fourth-order valence-corrected chi connectivity index (χ4v) is 3.66. The molecule has 3 aromatic carbocycles. The third kappa shape index (κ3) is 5.83. The molecule has 0 atom stereocenters. The first-order valence-electron chi connectivity index (χ1n) is 9.94. The number of benzene rings is 3. The van der Waals surface area contributed by atoms with Crippen molar-refractivity contribution >= 4 is 38.8 Å². The standard InChI is InChI=1S/C24H25BrN2O3/c1-3-29-22-13-11-18-7-4-5-8-19(18)20(22)16-26-27-24(28)9-6-14-30-23-12-10-17(2)15-21(23)25/h4-5,7-8,10-13,15-16H,3,6,9,14H2,1-2H3,(H,27,28)/b26-16+. The molecular weight excluding hydrogens is 444 g/mol. The molecule has 1 amide bonds. The van der Waals surface area contributed by atoms with Gasteiger partial charge in [-0.3, -0.25) is 4.79 Å². The van der Waals surface area contributed by atoms with E-state index in [4.69, 9.17) is 9.47 Å². The summed E-state index contributed by atoms with van der Waals surface area (Å²) >= 11 is 3.48. The Morgan fingerprint density at radius 2 is 1.90 bits per heavy atom. The molecule has 6 heteroatoms. The first-order valence-corrected chi connectivity index (χ1v) is 10.7. The van der Waals surface area contributed by atoms with E-state index in [1.807, 2.05) is 68.4 Å². The maximum absolute atomic E-state index is 12.1. The second-order valence-electron chi connectivity index (χ2n) is 6.81. The predicted octanol–water partition coefficient (Wildman–Crippen LogP) is 5.62. The Bertz CT molecular complexity index is 1050. The molecule has 0 heterocycles. The van der Waals surface area contributed by atoms with E-state index in [0.29, 0.717) is 26.1 Å². The van der Waals surface area contributed by atoms with Gasteiger partial charge in [0.1, 0.15) is 11.5 Å². The molecule has 156 valence electrons. The van der Waals surface area contributed by atoms with Crippen molar-refractivity contribution in [2.45, 2.75) is 26.7 Å². The molecule has 0 saturated heterocycles. The van der Waals surface area contributed by atoms with E-state index in [0.717, 1.165) is 37.9 Å². The van der Waals surface area contributed by atoms with Gasteiger partial charge in [-0.25, -0.2) is 5.43 Å². The summed E-state index contributed by atoms with van der Waals surface area (Å²) in [5.74, 6) is 1.36. The van der Waals surface area contributed by atoms with Crippen molar-refractivity contribution in [1.82, 2.24) is 5.43 Å². The average molecular weight is 469 g/mol. The Hall–Kier alpha value is -2.86. The van der Waals surface area contributed by atoms with Gasteiger partial charge < -0.3 is 9.47 Å². The Morgan fingerprint density at radius 3 is 2.70 bits per heavy atom. The van der Waals surface area contributed by atoms with Gasteiger partial charge in [-0.05, 0) is 70.7 Å². The summed E-state index contributed by atoms with van der Waals surface area (Å²) in [5.41, 5.74) is 4.60. The minimum absolute atomic E-state index is 0.156. The van der Waals surface area contributed by atoms with Crippen LogP contribution >= 0.6 is 15.9 Å². The average Bonchev–Trinajstić information content (AvgIpc) is 2.74. The Labute approximate surface area is 185 Å². The van der Waals surface area contributed by atoms with Crippen LogP contribution in [0.3, 0.4) is 0 Å². The van der Waals surface area contributed by atoms with Crippen LogP contribution in [-0.2, 0) is 4.79 Å². The molecule has 0 saturated carbocycles. The van der Waals surface area contributed by atoms with Crippen molar-refractivity contribution in [2.24, 2.45) is 5.10 Å². The molecule has 5 nitrogen and oxygen atoms in total. The molecule has 0 aliphatic heterocycles. The van der Waals surface area contributed by atoms with Crippen LogP contribution in [0, 0.1) is 6.92 Å². The van der Waals surface area contributed by atoms with Crippen molar-refractivity contribution in [1.29, 1.82) is 0 Å². The summed E-state index contributed by atoms with van der Waals surface area (Å²) < 4.78 is 12.4. The minimum atomic E-state index is -0.156. The van der Waals surface area contributed by atoms with Crippen molar-refractivity contribution in [3.8, 4) is 11.5 Å². The quantitative estimate of drug-likeness (QED) is 0.252. The molecule has 0 spiro atoms. The molecule has 0 fully saturated rings. The van der Waals surface area contributed by atoms with E-state index in [1.165, 1.54) is 0 Å². The first-order chi connectivity index (χ1) is 14.6. The zero-order chi connectivity index (χ0) is 21.3. The molecule has 0 radical (unpaired) electrons. The smallest absolute Gasteiger partial charge is 0.240 e. The lowest BCUT2D eigenvalue weighted by atomic mass is 10.0. The Balaban J connectivity index is 1.54. The third-order valence-corrected chi connectivity index (χ3v) is 5.13. The van der Waals surface area contributed by atoms with Crippen LogP contribution in [0.4, 0.5) is 0 Å². The van der Waals surface area contributed by atoms with E-state index in [1.54, 1.807) is 6.21 Å². The van der Waals surface area contributed by atoms with E-state index in [-0.39, 0.29) is 5.91 Å². The summed E-state index contributed by atoms with van der Waals surface area (Å²) in [6, 6.07) is 17.9. The lowest BCUT2D eigenvalue weighted by Gasteiger charge is -2.10. The van der Waals surface area contributed by atoms with Gasteiger partial charge in [0, 0.05) is 12.0 Å². The lowest BCUT2D eigenvalue weighted by Crippen LogP contribution is -2.18. The topological polar surface area (TPSA) is 59.9 Å². The molecular formula is C24H25BrN2O3. The Kier molecular flexibility index (Phi) is 7.85. The number of aryl methyl sites for hydroxylation is 1. The number of nitrogens with zero attached hydrogens (tertiary/aromatic N) is 1. The van der Waals surface area contributed by atoms with Gasteiger partial charge in [-0.15, -0.1) is 0 Å². The lowest BCUT2D eigenvalue weighted by molar-refractivity contribution is -0.121. The number of ether oxygens (including phenoxy) is 2. The van der Waals surface area contributed by atoms with Gasteiger partial charge in [0.15, 0.2) is 0 Å². The van der Waals surface area contributed by atoms with Crippen LogP contribution in [-0.4, -0.2) is 25.3 Å². The van der Waals surface area contributed by atoms with Crippen molar-refractivity contribution in [3.63, 3.8) is 0 Å². The van der Waals surface area contributed by atoms with E-state index in [2.05, 4.69) is 26.5 Å². The summed E-state index contributed by atoms with van der Waals surface area (Å²) in [6.07, 6.45) is 2.57. The number of nitrogens with one attached hydrogen (secondary N) is 1. The van der Waals surface area contributed by atoms with Gasteiger partial charge in [0.25, 0.3) is 0 Å². The number of hydrogen-bond acceptors (Lipinski definition) is 4. The molecule has 3 aromatic rings. The maximum Gasteiger partial charge on any atom is 0.240 e. The molecule has 1 N–H and O–H groups in total. The van der Waals surface area contributed by atoms with Crippen molar-refractivity contribution in [2.75, 3.05) is 13.2 Å². The van der Waals surface area contributed by atoms with Gasteiger partial charge in [0.2, 0.25) is 5.91 Å². The highest BCUT2D eigenvalue weighted by atomic mass is 79.9. The number of fused-ring (bicyclic) bond motifs is 1. The van der Waals surface area contributed by atoms with Gasteiger partial charge in [-0.1, -0.05) is 36.4 Å². The molecule has 3 rings (SSSR count). The van der Waals surface area contributed by atoms with Crippen LogP contribution in [0.1, 0.15) is 30.9 Å². The number of hydrogen-bond donors (Lipinski definition) is 1. The number of carbonyl (C=O) groups excluding carboxylic acids is 1. The van der Waals surface area contributed by atoms with E-state index >= 15 is 0 Å². The fourth-order valence-electron chi connectivity index (χ4n) is 3.05. The summed E-state index contributed by atoms with van der Waals surface area (Å²) in [7, 11) is 0. The highest BCUT2D eigenvalue weighted by Gasteiger charge is 2.07. The van der Waals surface area contributed by atoms with E-state index < -0.39 is 0 Å². The molecule has 0 aromatic heterocycles. The largest absolute Gasteiger partial charge is 0.493 e. The van der Waals surface area contributed by atoms with Crippen LogP contribution in [0.5, 0.6) is 11.5 Å². The zero-order valence-corrected chi connectivity index (χ0v) is 18.7. The molecule has 30 heavy (non-hydrogen) atoms. The van der Waals surface area contributed by atoms with E-state index in [9.17, 15) is 4.79 Å². The monoisotopic (exact) mass is 468 g/mol. The van der Waals surface area contributed by atoms with Gasteiger partial charge in [-0.2, -0.15) is 5.10 Å². The predicted molar refractivity (Wildman–Crippen MR) is 124 cm³/mol. The summed E-state index contributed by atoms with van der Waals surface area (Å²) in [6.45, 7) is 4.98. The highest BCUT2D eigenvalue weighted by molar-refractivity contribution is 9.10. The molecule has 0 unspecified atom stereocenters. The number of amides is 1. The second kappa shape index (κ2) is 10.8. The highest BCUT2D eigenvalue weighted by Crippen LogP contribution is 2.27. The normalized spacial score (nSPS) is 11.0. The third-order valence-electron chi connectivity index (χ3n) is 4.51. The number of rotatable bonds is 9. The number of carbonyl (C=O) groups is 1. The van der Waals surface area contributed by atoms with Crippen LogP contribution in [0.15, 0.2) is 64.2 Å². The minimum Gasteiger partial charge on any atom is -0.493 e. The summed E-state index contributed by atoms with van der Waals surface area (Å²) in [5, 5.41) is 6.26. The molecule has 0 bridgehead atoms. The molecule has 0 aliphatic rings. The number of halogens is 1. The number of hydrazone groups is 1. The first kappa shape index (κ1) is 21.8. The summed E-state index contributed by atoms with van der Waals surface area (Å²) in [4.78, 5) is 12.1. The van der Waals surface area contributed by atoms with Crippen LogP contribution in [0.2, 0.25) is 0 Å². The van der Waals surface area contributed by atoms with Crippen molar-refractivity contribution < 1.29 is 14.3 Å². The molecule has 0 aliphatic carbocycles. The second-order valence-corrected chi connectivity index (χ2v) is 7.66. The van der Waals surface area contributed by atoms with Gasteiger partial charge >= 0.3 is 0 Å².